The van der Waals surface area contributed by atoms with Crippen LogP contribution in [0.2, 0.25) is 0 Å². The summed E-state index contributed by atoms with van der Waals surface area (Å²) in [6.07, 6.45) is 4.15. The van der Waals surface area contributed by atoms with Crippen LogP contribution in [0.5, 0.6) is 11.5 Å². The Morgan fingerprint density at radius 1 is 0.929 bits per heavy atom. The maximum absolute atomic E-state index is 13.0. The van der Waals surface area contributed by atoms with E-state index in [0.29, 0.717) is 11.6 Å². The second kappa shape index (κ2) is 7.97. The highest BCUT2D eigenvalue weighted by Crippen LogP contribution is 2.37. The van der Waals surface area contributed by atoms with Gasteiger partial charge in [-0.1, -0.05) is 12.1 Å². The minimum Gasteiger partial charge on any atom is -0.497 e. The summed E-state index contributed by atoms with van der Waals surface area (Å²) in [5.41, 5.74) is 2.59. The van der Waals surface area contributed by atoms with Crippen LogP contribution in [0.1, 0.15) is 24.8 Å². The van der Waals surface area contributed by atoms with E-state index in [9.17, 15) is 4.79 Å². The van der Waals surface area contributed by atoms with Crippen LogP contribution in [0, 0.1) is 5.92 Å². The molecule has 0 aromatic heterocycles. The van der Waals surface area contributed by atoms with Crippen LogP contribution in [0.3, 0.4) is 0 Å². The van der Waals surface area contributed by atoms with Crippen molar-refractivity contribution in [3.8, 4) is 11.5 Å². The fraction of sp³-hybridized carbons (Fsp3) is 0.348. The van der Waals surface area contributed by atoms with Gasteiger partial charge < -0.3 is 19.5 Å². The lowest BCUT2D eigenvalue weighted by Crippen LogP contribution is -2.42. The number of anilines is 1. The Morgan fingerprint density at radius 3 is 2.21 bits per heavy atom. The van der Waals surface area contributed by atoms with Gasteiger partial charge in [0.2, 0.25) is 0 Å². The summed E-state index contributed by atoms with van der Waals surface area (Å²) in [6.45, 7) is 0. The number of hydrogen-bond donors (Lipinski definition) is 1. The maximum atomic E-state index is 13.0. The molecular weight excluding hydrogens is 354 g/mol. The molecule has 5 nitrogen and oxygen atoms in total. The van der Waals surface area contributed by atoms with E-state index in [2.05, 4.69) is 5.32 Å². The summed E-state index contributed by atoms with van der Waals surface area (Å²) in [4.78, 5) is 13.0. The number of carbonyl (C=O) groups is 1. The Morgan fingerprint density at radius 2 is 1.57 bits per heavy atom. The van der Waals surface area contributed by atoms with E-state index in [1.807, 2.05) is 48.5 Å². The zero-order valence-corrected chi connectivity index (χ0v) is 16.2. The van der Waals surface area contributed by atoms with E-state index in [-0.39, 0.29) is 17.8 Å². The Labute approximate surface area is 165 Å². The molecule has 1 aliphatic carbocycles. The van der Waals surface area contributed by atoms with E-state index < -0.39 is 0 Å². The molecule has 0 spiro atoms. The lowest BCUT2D eigenvalue weighted by Gasteiger charge is -2.38. The third-order valence-electron chi connectivity index (χ3n) is 5.62. The van der Waals surface area contributed by atoms with Crippen molar-refractivity contribution in [2.75, 3.05) is 19.5 Å². The molecule has 5 heteroatoms. The smallest absolute Gasteiger partial charge is 0.173 e. The van der Waals surface area contributed by atoms with Crippen LogP contribution in [-0.4, -0.2) is 32.1 Å². The molecule has 2 aromatic carbocycles. The molecule has 2 aromatic rings. The first-order valence-corrected chi connectivity index (χ1v) is 9.63. The second-order valence-electron chi connectivity index (χ2n) is 7.29. The predicted molar refractivity (Wildman–Crippen MR) is 109 cm³/mol. The number of methoxy groups -OCH3 is 2. The molecule has 146 valence electrons. The summed E-state index contributed by atoms with van der Waals surface area (Å²) in [7, 11) is 3.29. The van der Waals surface area contributed by atoms with Crippen molar-refractivity contribution in [1.29, 1.82) is 0 Å². The maximum Gasteiger partial charge on any atom is 0.173 e. The molecule has 0 amide bonds. The summed E-state index contributed by atoms with van der Waals surface area (Å²) in [6, 6.07) is 15.7. The molecule has 1 saturated carbocycles. The standard InChI is InChI=1S/C23H25NO4/c1-26-18-8-3-15(4-9-18)21-14-28-22-13-17(7-12-20(22)23(21)25)24-16-5-10-19(27-2)11-6-16/h3-6,8-11,14,17,20,22,24H,7,12-13H2,1-2H3. The van der Waals surface area contributed by atoms with Crippen LogP contribution < -0.4 is 14.8 Å². The van der Waals surface area contributed by atoms with E-state index in [1.165, 1.54) is 0 Å². The average Bonchev–Trinajstić information content (AvgIpc) is 2.75. The minimum atomic E-state index is -0.0731. The Balaban J connectivity index is 1.43. The van der Waals surface area contributed by atoms with Gasteiger partial charge in [0.15, 0.2) is 5.78 Å². The van der Waals surface area contributed by atoms with Gasteiger partial charge in [-0.2, -0.15) is 0 Å². The highest BCUT2D eigenvalue weighted by atomic mass is 16.5. The molecule has 3 atom stereocenters. The van der Waals surface area contributed by atoms with Gasteiger partial charge in [0.25, 0.3) is 0 Å². The van der Waals surface area contributed by atoms with Crippen molar-refractivity contribution in [3.63, 3.8) is 0 Å². The third kappa shape index (κ3) is 3.70. The van der Waals surface area contributed by atoms with Gasteiger partial charge in [-0.15, -0.1) is 0 Å². The quantitative estimate of drug-likeness (QED) is 0.840. The van der Waals surface area contributed by atoms with Gasteiger partial charge in [-0.05, 0) is 54.8 Å². The minimum absolute atomic E-state index is 0.0704. The number of ether oxygens (including phenoxy) is 3. The second-order valence-corrected chi connectivity index (χ2v) is 7.29. The summed E-state index contributed by atoms with van der Waals surface area (Å²) < 4.78 is 16.4. The molecular formula is C23H25NO4. The molecule has 1 heterocycles. The van der Waals surface area contributed by atoms with Crippen LogP contribution in [0.15, 0.2) is 54.8 Å². The number of allylic oxidation sites excluding steroid dienone is 1. The first kappa shape index (κ1) is 18.4. The van der Waals surface area contributed by atoms with Crippen LogP contribution in [0.25, 0.3) is 5.57 Å². The Bertz CT molecular complexity index is 857. The predicted octanol–water partition coefficient (Wildman–Crippen LogP) is 4.29. The SMILES string of the molecule is COc1ccc(NC2CCC3C(=O)C(c4ccc(OC)cc4)=COC3C2)cc1. The van der Waals surface area contributed by atoms with Crippen molar-refractivity contribution >= 4 is 17.0 Å². The van der Waals surface area contributed by atoms with Crippen molar-refractivity contribution in [2.45, 2.75) is 31.4 Å². The monoisotopic (exact) mass is 379 g/mol. The molecule has 0 bridgehead atoms. The van der Waals surface area contributed by atoms with E-state index >= 15 is 0 Å². The zero-order chi connectivity index (χ0) is 19.5. The molecule has 1 N–H and O–H groups in total. The summed E-state index contributed by atoms with van der Waals surface area (Å²) in [5.74, 6) is 1.73. The number of carbonyl (C=O) groups excluding carboxylic acids is 1. The summed E-state index contributed by atoms with van der Waals surface area (Å²) in [5, 5.41) is 3.55. The fourth-order valence-corrected chi connectivity index (χ4v) is 4.03. The van der Waals surface area contributed by atoms with Gasteiger partial charge in [0, 0.05) is 18.2 Å². The molecule has 1 fully saturated rings. The first-order valence-electron chi connectivity index (χ1n) is 9.63. The van der Waals surface area contributed by atoms with Crippen LogP contribution in [-0.2, 0) is 9.53 Å². The fourth-order valence-electron chi connectivity index (χ4n) is 4.03. The van der Waals surface area contributed by atoms with E-state index in [1.54, 1.807) is 20.5 Å². The lowest BCUT2D eigenvalue weighted by molar-refractivity contribution is -0.124. The number of rotatable bonds is 5. The first-order chi connectivity index (χ1) is 13.7. The van der Waals surface area contributed by atoms with Crippen LogP contribution in [0.4, 0.5) is 5.69 Å². The number of hydrogen-bond acceptors (Lipinski definition) is 5. The topological polar surface area (TPSA) is 56.8 Å². The Hall–Kier alpha value is -2.95. The van der Waals surface area contributed by atoms with Gasteiger partial charge in [-0.25, -0.2) is 0 Å². The number of ketones is 1. The number of fused-ring (bicyclic) bond motifs is 1. The largest absolute Gasteiger partial charge is 0.497 e. The van der Waals surface area contributed by atoms with Crippen LogP contribution >= 0.6 is 0 Å². The van der Waals surface area contributed by atoms with Crippen molar-refractivity contribution < 1.29 is 19.0 Å². The average molecular weight is 379 g/mol. The third-order valence-corrected chi connectivity index (χ3v) is 5.62. The van der Waals surface area contributed by atoms with Gasteiger partial charge in [0.05, 0.1) is 32.0 Å². The highest BCUT2D eigenvalue weighted by molar-refractivity contribution is 6.22. The molecule has 2 aliphatic rings. The normalized spacial score (nSPS) is 23.9. The number of benzene rings is 2. The highest BCUT2D eigenvalue weighted by Gasteiger charge is 2.40. The molecule has 1 aliphatic heterocycles. The van der Waals surface area contributed by atoms with E-state index in [4.69, 9.17) is 14.2 Å². The molecule has 0 radical (unpaired) electrons. The Kier molecular flexibility index (Phi) is 5.24. The molecule has 28 heavy (non-hydrogen) atoms. The van der Waals surface area contributed by atoms with Crippen molar-refractivity contribution in [2.24, 2.45) is 5.92 Å². The number of nitrogens with one attached hydrogen (secondary N) is 1. The lowest BCUT2D eigenvalue weighted by atomic mass is 9.77. The van der Waals surface area contributed by atoms with Gasteiger partial charge in [0.1, 0.15) is 17.6 Å². The summed E-state index contributed by atoms with van der Waals surface area (Å²) >= 11 is 0. The zero-order valence-electron chi connectivity index (χ0n) is 16.2. The van der Waals surface area contributed by atoms with E-state index in [0.717, 1.165) is 42.0 Å². The molecule has 0 saturated heterocycles. The number of Topliss-reactive ketones (excluding diaryl/α,β-unsaturated/α-hetero) is 1. The van der Waals surface area contributed by atoms with Gasteiger partial charge >= 0.3 is 0 Å². The molecule has 4 rings (SSSR count). The van der Waals surface area contributed by atoms with Gasteiger partial charge in [-0.3, -0.25) is 4.79 Å². The van der Waals surface area contributed by atoms with Crippen molar-refractivity contribution in [3.05, 3.63) is 60.4 Å². The molecule has 3 unspecified atom stereocenters. The van der Waals surface area contributed by atoms with Crippen molar-refractivity contribution in [1.82, 2.24) is 0 Å².